The lowest BCUT2D eigenvalue weighted by Crippen LogP contribution is -2.49. The van der Waals surface area contributed by atoms with E-state index in [1.165, 1.54) is 11.8 Å². The van der Waals surface area contributed by atoms with Crippen molar-refractivity contribution in [1.82, 2.24) is 9.80 Å². The predicted molar refractivity (Wildman–Crippen MR) is 116 cm³/mol. The summed E-state index contributed by atoms with van der Waals surface area (Å²) in [7, 11) is 0. The van der Waals surface area contributed by atoms with E-state index in [0.717, 1.165) is 0 Å². The SMILES string of the molecule is CC(=O)N1CCN(C2=NC(=O)C(=Cc3ccc(-c4cc(Cl)ccc4Cl)o3)S2)CC1. The molecule has 2 aliphatic heterocycles. The molecule has 0 bridgehead atoms. The number of piperazine rings is 1. The first-order valence-corrected chi connectivity index (χ1v) is 10.6. The first-order chi connectivity index (χ1) is 13.9. The molecule has 0 unspecified atom stereocenters. The molecule has 9 heteroatoms. The van der Waals surface area contributed by atoms with Crippen LogP contribution < -0.4 is 0 Å². The number of hydrogen-bond donors (Lipinski definition) is 0. The number of amides is 2. The molecule has 6 nitrogen and oxygen atoms in total. The molecular formula is C20H17Cl2N3O3S. The highest BCUT2D eigenvalue weighted by atomic mass is 35.5. The zero-order valence-electron chi connectivity index (χ0n) is 15.5. The maximum absolute atomic E-state index is 12.3. The van der Waals surface area contributed by atoms with Gasteiger partial charge in [0.15, 0.2) is 5.17 Å². The van der Waals surface area contributed by atoms with Gasteiger partial charge >= 0.3 is 0 Å². The molecule has 0 spiro atoms. The highest BCUT2D eigenvalue weighted by molar-refractivity contribution is 8.18. The van der Waals surface area contributed by atoms with Crippen molar-refractivity contribution in [1.29, 1.82) is 0 Å². The third-order valence-corrected chi connectivity index (χ3v) is 6.31. The molecule has 2 aromatic rings. The van der Waals surface area contributed by atoms with Crippen LogP contribution in [0.2, 0.25) is 10.0 Å². The van der Waals surface area contributed by atoms with E-state index in [-0.39, 0.29) is 11.8 Å². The summed E-state index contributed by atoms with van der Waals surface area (Å²) in [5, 5.41) is 1.75. The van der Waals surface area contributed by atoms with Gasteiger partial charge in [-0.05, 0) is 42.1 Å². The van der Waals surface area contributed by atoms with Crippen molar-refractivity contribution in [2.45, 2.75) is 6.92 Å². The van der Waals surface area contributed by atoms with Crippen LogP contribution in [0.1, 0.15) is 12.7 Å². The van der Waals surface area contributed by atoms with Gasteiger partial charge in [0.2, 0.25) is 5.91 Å². The summed E-state index contributed by atoms with van der Waals surface area (Å²) in [4.78, 5) is 32.3. The molecule has 1 aromatic heterocycles. The second kappa shape index (κ2) is 8.26. The lowest BCUT2D eigenvalue weighted by molar-refractivity contribution is -0.130. The van der Waals surface area contributed by atoms with Gasteiger partial charge in [-0.25, -0.2) is 0 Å². The summed E-state index contributed by atoms with van der Waals surface area (Å²) < 4.78 is 5.84. The smallest absolute Gasteiger partial charge is 0.286 e. The van der Waals surface area contributed by atoms with E-state index in [1.807, 2.05) is 4.90 Å². The van der Waals surface area contributed by atoms with Crippen LogP contribution >= 0.6 is 35.0 Å². The van der Waals surface area contributed by atoms with E-state index < -0.39 is 0 Å². The fourth-order valence-electron chi connectivity index (χ4n) is 3.14. The van der Waals surface area contributed by atoms with Crippen LogP contribution in [0.15, 0.2) is 44.6 Å². The monoisotopic (exact) mass is 449 g/mol. The van der Waals surface area contributed by atoms with Crippen LogP contribution in [0, 0.1) is 0 Å². The van der Waals surface area contributed by atoms with Crippen molar-refractivity contribution in [2.24, 2.45) is 4.99 Å². The van der Waals surface area contributed by atoms with Crippen LogP contribution in [-0.4, -0.2) is 53.0 Å². The zero-order chi connectivity index (χ0) is 20.5. The molecule has 0 aliphatic carbocycles. The van der Waals surface area contributed by atoms with Crippen LogP contribution in [0.3, 0.4) is 0 Å². The summed E-state index contributed by atoms with van der Waals surface area (Å²) >= 11 is 13.6. The van der Waals surface area contributed by atoms with Gasteiger partial charge in [0, 0.05) is 49.8 Å². The van der Waals surface area contributed by atoms with Gasteiger partial charge in [0.25, 0.3) is 5.91 Å². The summed E-state index contributed by atoms with van der Waals surface area (Å²) in [6.45, 7) is 4.14. The van der Waals surface area contributed by atoms with Gasteiger partial charge in [-0.15, -0.1) is 0 Å². The molecule has 0 N–H and O–H groups in total. The van der Waals surface area contributed by atoms with E-state index in [0.29, 0.717) is 63.4 Å². The van der Waals surface area contributed by atoms with E-state index in [9.17, 15) is 9.59 Å². The third-order valence-electron chi connectivity index (χ3n) is 4.70. The Morgan fingerprint density at radius 2 is 1.93 bits per heavy atom. The molecule has 0 saturated carbocycles. The summed E-state index contributed by atoms with van der Waals surface area (Å²) in [5.41, 5.74) is 0.689. The fourth-order valence-corrected chi connectivity index (χ4v) is 4.46. The van der Waals surface area contributed by atoms with Crippen LogP contribution in [0.4, 0.5) is 0 Å². The molecule has 0 atom stereocenters. The number of benzene rings is 1. The van der Waals surface area contributed by atoms with Crippen molar-refractivity contribution >= 4 is 58.0 Å². The standard InChI is InChI=1S/C20H17Cl2N3O3S/c1-12(26)24-6-8-25(9-7-24)20-23-19(27)18(29-20)11-14-3-5-17(28-14)15-10-13(21)2-4-16(15)22/h2-5,10-11H,6-9H2,1H3. The lowest BCUT2D eigenvalue weighted by atomic mass is 10.2. The predicted octanol–water partition coefficient (Wildman–Crippen LogP) is 4.39. The fraction of sp³-hybridized carbons (Fsp3) is 0.250. The van der Waals surface area contributed by atoms with Gasteiger partial charge in [-0.2, -0.15) is 4.99 Å². The van der Waals surface area contributed by atoms with Gasteiger partial charge in [-0.3, -0.25) is 9.59 Å². The number of rotatable bonds is 2. The average Bonchev–Trinajstić information content (AvgIpc) is 3.31. The minimum atomic E-state index is -0.294. The summed E-state index contributed by atoms with van der Waals surface area (Å²) in [6.07, 6.45) is 1.68. The molecule has 29 heavy (non-hydrogen) atoms. The molecule has 2 amide bonds. The lowest BCUT2D eigenvalue weighted by Gasteiger charge is -2.34. The van der Waals surface area contributed by atoms with Gasteiger partial charge < -0.3 is 14.2 Å². The van der Waals surface area contributed by atoms with Crippen LogP contribution in [0.25, 0.3) is 17.4 Å². The highest BCUT2D eigenvalue weighted by Crippen LogP contribution is 2.34. The van der Waals surface area contributed by atoms with Crippen molar-refractivity contribution < 1.29 is 14.0 Å². The molecule has 2 aliphatic rings. The maximum atomic E-state index is 12.3. The first kappa shape index (κ1) is 20.1. The second-order valence-electron chi connectivity index (χ2n) is 6.63. The maximum Gasteiger partial charge on any atom is 0.286 e. The Kier molecular flexibility index (Phi) is 5.72. The summed E-state index contributed by atoms with van der Waals surface area (Å²) in [6, 6.07) is 8.72. The third kappa shape index (κ3) is 4.37. The Bertz CT molecular complexity index is 1040. The number of halogens is 2. The number of nitrogens with zero attached hydrogens (tertiary/aromatic N) is 3. The quantitative estimate of drug-likeness (QED) is 0.636. The molecule has 0 radical (unpaired) electrons. The number of hydrogen-bond acceptors (Lipinski definition) is 5. The Hall–Kier alpha value is -2.22. The molecular weight excluding hydrogens is 433 g/mol. The van der Waals surface area contributed by atoms with E-state index in [4.69, 9.17) is 27.6 Å². The molecule has 150 valence electrons. The number of amidine groups is 1. The van der Waals surface area contributed by atoms with Crippen molar-refractivity contribution in [3.05, 3.63) is 51.0 Å². The number of thioether (sulfide) groups is 1. The normalized spacial score (nSPS) is 18.5. The largest absolute Gasteiger partial charge is 0.457 e. The van der Waals surface area contributed by atoms with Crippen LogP contribution in [0.5, 0.6) is 0 Å². The first-order valence-electron chi connectivity index (χ1n) is 8.99. The summed E-state index contributed by atoms with van der Waals surface area (Å²) in [5.74, 6) is 0.875. The number of carbonyl (C=O) groups is 2. The molecule has 1 saturated heterocycles. The topological polar surface area (TPSA) is 66.1 Å². The minimum absolute atomic E-state index is 0.0655. The van der Waals surface area contributed by atoms with Crippen molar-refractivity contribution in [2.75, 3.05) is 26.2 Å². The highest BCUT2D eigenvalue weighted by Gasteiger charge is 2.29. The van der Waals surface area contributed by atoms with E-state index in [1.54, 1.807) is 48.2 Å². The molecule has 1 fully saturated rings. The second-order valence-corrected chi connectivity index (χ2v) is 8.48. The van der Waals surface area contributed by atoms with Crippen molar-refractivity contribution in [3.8, 4) is 11.3 Å². The van der Waals surface area contributed by atoms with Gasteiger partial charge in [0.05, 0.1) is 9.93 Å². The van der Waals surface area contributed by atoms with E-state index >= 15 is 0 Å². The van der Waals surface area contributed by atoms with Crippen LogP contribution in [-0.2, 0) is 9.59 Å². The zero-order valence-corrected chi connectivity index (χ0v) is 17.9. The molecule has 4 rings (SSSR count). The van der Waals surface area contributed by atoms with E-state index in [2.05, 4.69) is 4.99 Å². The Labute approximate surface area is 182 Å². The van der Waals surface area contributed by atoms with Crippen molar-refractivity contribution in [3.63, 3.8) is 0 Å². The van der Waals surface area contributed by atoms with Gasteiger partial charge in [-0.1, -0.05) is 23.2 Å². The molecule has 1 aromatic carbocycles. The Morgan fingerprint density at radius 1 is 1.17 bits per heavy atom. The minimum Gasteiger partial charge on any atom is -0.457 e. The number of carbonyl (C=O) groups excluding carboxylic acids is 2. The Morgan fingerprint density at radius 3 is 2.66 bits per heavy atom. The Balaban J connectivity index is 1.47. The molecule has 3 heterocycles. The number of furan rings is 1. The average molecular weight is 450 g/mol. The number of aliphatic imine (C=N–C) groups is 1. The van der Waals surface area contributed by atoms with Gasteiger partial charge in [0.1, 0.15) is 11.5 Å².